The second-order valence-electron chi connectivity index (χ2n) is 7.78. The number of aromatic nitrogens is 5. The zero-order valence-corrected chi connectivity index (χ0v) is 17.9. The van der Waals surface area contributed by atoms with Gasteiger partial charge in [0.05, 0.1) is 23.7 Å². The lowest BCUT2D eigenvalue weighted by atomic mass is 10.2. The number of amides is 1. The molecule has 0 bridgehead atoms. The molecule has 1 aliphatic heterocycles. The summed E-state index contributed by atoms with van der Waals surface area (Å²) in [6.45, 7) is 3.87. The Morgan fingerprint density at radius 2 is 1.97 bits per heavy atom. The molecule has 4 aromatic rings. The molecule has 1 aliphatic rings. The highest BCUT2D eigenvalue weighted by atomic mass is 16.5. The Hall–Kier alpha value is -3.92. The second-order valence-corrected chi connectivity index (χ2v) is 7.78. The molecule has 164 valence electrons. The van der Waals surface area contributed by atoms with E-state index in [0.717, 1.165) is 48.8 Å². The molecule has 0 atom stereocenters. The average Bonchev–Trinajstić information content (AvgIpc) is 3.46. The Labute approximate surface area is 184 Å². The summed E-state index contributed by atoms with van der Waals surface area (Å²) < 4.78 is 5.24. The van der Waals surface area contributed by atoms with Crippen LogP contribution in [0.5, 0.6) is 5.75 Å². The van der Waals surface area contributed by atoms with Crippen molar-refractivity contribution in [3.63, 3.8) is 0 Å². The van der Waals surface area contributed by atoms with Gasteiger partial charge in [-0.05, 0) is 31.3 Å². The van der Waals surface area contributed by atoms with Crippen LogP contribution >= 0.6 is 0 Å². The first-order valence-electron chi connectivity index (χ1n) is 10.4. The summed E-state index contributed by atoms with van der Waals surface area (Å²) in [7, 11) is 3.73. The van der Waals surface area contributed by atoms with Crippen molar-refractivity contribution in [3.05, 3.63) is 48.2 Å². The molecule has 1 amide bonds. The van der Waals surface area contributed by atoms with Crippen LogP contribution in [0.15, 0.2) is 42.6 Å². The van der Waals surface area contributed by atoms with Gasteiger partial charge in [0.2, 0.25) is 0 Å². The van der Waals surface area contributed by atoms with Crippen molar-refractivity contribution in [1.82, 2.24) is 30.0 Å². The fourth-order valence-electron chi connectivity index (χ4n) is 3.68. The fourth-order valence-corrected chi connectivity index (χ4v) is 3.68. The van der Waals surface area contributed by atoms with Gasteiger partial charge in [-0.1, -0.05) is 0 Å². The molecule has 0 saturated carbocycles. The molecule has 3 N–H and O–H groups in total. The number of pyridine rings is 1. The van der Waals surface area contributed by atoms with Gasteiger partial charge in [0, 0.05) is 44.5 Å². The molecule has 10 heteroatoms. The van der Waals surface area contributed by atoms with E-state index in [0.29, 0.717) is 22.9 Å². The quantitative estimate of drug-likeness (QED) is 0.443. The summed E-state index contributed by atoms with van der Waals surface area (Å²) in [5.41, 5.74) is 2.81. The van der Waals surface area contributed by atoms with E-state index in [-0.39, 0.29) is 5.91 Å². The van der Waals surface area contributed by atoms with Crippen LogP contribution < -0.4 is 15.0 Å². The number of ether oxygens (including phenoxy) is 1. The van der Waals surface area contributed by atoms with Gasteiger partial charge in [-0.15, -0.1) is 0 Å². The first-order valence-corrected chi connectivity index (χ1v) is 10.4. The van der Waals surface area contributed by atoms with Crippen LogP contribution in [0.4, 0.5) is 11.6 Å². The minimum atomic E-state index is -0.269. The number of nitrogens with zero attached hydrogens (tertiary/aromatic N) is 5. The van der Waals surface area contributed by atoms with Crippen molar-refractivity contribution in [3.8, 4) is 17.3 Å². The number of piperazine rings is 1. The van der Waals surface area contributed by atoms with E-state index in [2.05, 4.69) is 47.3 Å². The van der Waals surface area contributed by atoms with Crippen molar-refractivity contribution in [2.75, 3.05) is 50.6 Å². The van der Waals surface area contributed by atoms with Crippen molar-refractivity contribution in [2.45, 2.75) is 0 Å². The molecule has 32 heavy (non-hydrogen) atoms. The normalized spacial score (nSPS) is 14.6. The van der Waals surface area contributed by atoms with Gasteiger partial charge < -0.3 is 24.8 Å². The molecular formula is C22H24N8O2. The number of anilines is 2. The number of carbonyl (C=O) groups is 1. The molecule has 1 saturated heterocycles. The molecule has 5 rings (SSSR count). The maximum Gasteiger partial charge on any atom is 0.258 e. The molecule has 0 radical (unpaired) electrons. The van der Waals surface area contributed by atoms with E-state index >= 15 is 0 Å². The van der Waals surface area contributed by atoms with Gasteiger partial charge in [-0.25, -0.2) is 9.97 Å². The number of benzene rings is 1. The van der Waals surface area contributed by atoms with Crippen LogP contribution in [-0.4, -0.2) is 76.3 Å². The Morgan fingerprint density at radius 1 is 1.12 bits per heavy atom. The minimum absolute atomic E-state index is 0.269. The number of imidazole rings is 1. The first-order chi connectivity index (χ1) is 15.6. The average molecular weight is 432 g/mol. The Balaban J connectivity index is 1.26. The molecule has 0 aliphatic carbocycles. The third kappa shape index (κ3) is 4.00. The van der Waals surface area contributed by atoms with Gasteiger partial charge in [0.1, 0.15) is 17.3 Å². The Bertz CT molecular complexity index is 1240. The largest absolute Gasteiger partial charge is 0.497 e. The smallest absolute Gasteiger partial charge is 0.258 e. The number of rotatable bonds is 5. The van der Waals surface area contributed by atoms with Crippen LogP contribution in [0.25, 0.3) is 22.6 Å². The van der Waals surface area contributed by atoms with Gasteiger partial charge in [0.15, 0.2) is 11.6 Å². The van der Waals surface area contributed by atoms with Gasteiger partial charge >= 0.3 is 0 Å². The predicted molar refractivity (Wildman–Crippen MR) is 122 cm³/mol. The molecule has 4 heterocycles. The number of hydrogen-bond acceptors (Lipinski definition) is 7. The molecule has 1 fully saturated rings. The van der Waals surface area contributed by atoms with E-state index in [1.807, 2.05) is 24.3 Å². The zero-order chi connectivity index (χ0) is 22.1. The van der Waals surface area contributed by atoms with Crippen molar-refractivity contribution in [2.24, 2.45) is 0 Å². The summed E-state index contributed by atoms with van der Waals surface area (Å²) in [6.07, 6.45) is 1.60. The third-order valence-corrected chi connectivity index (χ3v) is 5.60. The highest BCUT2D eigenvalue weighted by Crippen LogP contribution is 2.24. The summed E-state index contributed by atoms with van der Waals surface area (Å²) >= 11 is 0. The molecule has 0 unspecified atom stereocenters. The van der Waals surface area contributed by atoms with E-state index < -0.39 is 0 Å². The van der Waals surface area contributed by atoms with Crippen LogP contribution in [-0.2, 0) is 0 Å². The SMILES string of the molecule is COc1ccc2[nH]c(-c3cc(NC(=O)c4ccc(N5CCN(C)CC5)nc4)n[nH]3)nc2c1. The topological polar surface area (TPSA) is 115 Å². The van der Waals surface area contributed by atoms with E-state index in [1.165, 1.54) is 0 Å². The number of nitrogens with one attached hydrogen (secondary N) is 3. The summed E-state index contributed by atoms with van der Waals surface area (Å²) in [4.78, 5) is 29.4. The number of likely N-dealkylation sites (N-methyl/N-ethyl adjacent to an activating group) is 1. The van der Waals surface area contributed by atoms with Crippen LogP contribution in [0.1, 0.15) is 10.4 Å². The highest BCUT2D eigenvalue weighted by Gasteiger charge is 2.17. The molecule has 10 nitrogen and oxygen atoms in total. The minimum Gasteiger partial charge on any atom is -0.497 e. The van der Waals surface area contributed by atoms with Crippen molar-refractivity contribution in [1.29, 1.82) is 0 Å². The molecular weight excluding hydrogens is 408 g/mol. The van der Waals surface area contributed by atoms with Gasteiger partial charge in [-0.3, -0.25) is 9.89 Å². The monoisotopic (exact) mass is 432 g/mol. The Kier molecular flexibility index (Phi) is 5.20. The predicted octanol–water partition coefficient (Wildman–Crippen LogP) is 2.36. The Morgan fingerprint density at radius 3 is 2.72 bits per heavy atom. The molecule has 0 spiro atoms. The van der Waals surface area contributed by atoms with Crippen molar-refractivity contribution >= 4 is 28.6 Å². The lowest BCUT2D eigenvalue weighted by Crippen LogP contribution is -2.44. The number of methoxy groups -OCH3 is 1. The number of fused-ring (bicyclic) bond motifs is 1. The van der Waals surface area contributed by atoms with E-state index in [4.69, 9.17) is 4.74 Å². The maximum atomic E-state index is 12.6. The van der Waals surface area contributed by atoms with Crippen molar-refractivity contribution < 1.29 is 9.53 Å². The lowest BCUT2D eigenvalue weighted by molar-refractivity contribution is 0.102. The lowest BCUT2D eigenvalue weighted by Gasteiger charge is -2.33. The first kappa shape index (κ1) is 20.0. The third-order valence-electron chi connectivity index (χ3n) is 5.60. The number of hydrogen-bond donors (Lipinski definition) is 3. The zero-order valence-electron chi connectivity index (χ0n) is 17.9. The van der Waals surface area contributed by atoms with Gasteiger partial charge in [0.25, 0.3) is 5.91 Å². The molecule has 1 aromatic carbocycles. The highest BCUT2D eigenvalue weighted by molar-refractivity contribution is 6.03. The van der Waals surface area contributed by atoms with E-state index in [1.54, 1.807) is 25.4 Å². The number of aromatic amines is 2. The summed E-state index contributed by atoms with van der Waals surface area (Å²) in [5.74, 6) is 2.39. The van der Waals surface area contributed by atoms with Crippen LogP contribution in [0.2, 0.25) is 0 Å². The second kappa shape index (κ2) is 8.31. The standard InChI is InChI=1S/C22H24N8O2/c1-29-7-9-30(10-8-29)20-6-3-14(13-23-20)22(31)26-19-12-18(27-28-19)21-24-16-5-4-15(32-2)11-17(16)25-21/h3-6,11-13H,7-10H2,1-2H3,(H,24,25)(H2,26,27,28,31). The fraction of sp³-hybridized carbons (Fsp3) is 0.273. The molecule has 3 aromatic heterocycles. The van der Waals surface area contributed by atoms with Gasteiger partial charge in [-0.2, -0.15) is 5.10 Å². The maximum absolute atomic E-state index is 12.6. The summed E-state index contributed by atoms with van der Waals surface area (Å²) in [5, 5.41) is 9.90. The van der Waals surface area contributed by atoms with E-state index in [9.17, 15) is 4.79 Å². The van der Waals surface area contributed by atoms with Crippen LogP contribution in [0, 0.1) is 0 Å². The number of H-pyrrole nitrogens is 2. The number of carbonyl (C=O) groups excluding carboxylic acids is 1. The summed E-state index contributed by atoms with van der Waals surface area (Å²) in [6, 6.07) is 11.0. The van der Waals surface area contributed by atoms with Crippen LogP contribution in [0.3, 0.4) is 0 Å².